The maximum Gasteiger partial charge on any atom is 0.326 e. The number of carboxylic acids is 1. The van der Waals surface area contributed by atoms with Crippen molar-refractivity contribution in [2.75, 3.05) is 0 Å². The number of unbranched alkanes of at least 4 members (excludes halogenated alkanes) is 1. The third kappa shape index (κ3) is 3.88. The maximum atomic E-state index is 12.6. The zero-order valence-corrected chi connectivity index (χ0v) is 14.6. The number of rotatable bonds is 6. The molecule has 1 fully saturated rings. The predicted octanol–water partition coefficient (Wildman–Crippen LogP) is 2.94. The standard InChI is InChI=1S/C16H17NO5S2/c1-2-3-4-10(15(21)22)17-14(20)13(24-16(17)23)8-9-5-6-11(18)12(19)7-9/h5-8,10,18-19H,2-4H2,1H3,(H,21,22)/b13-8-. The smallest absolute Gasteiger partial charge is 0.326 e. The zero-order chi connectivity index (χ0) is 17.9. The van der Waals surface area contributed by atoms with Crippen molar-refractivity contribution in [1.29, 1.82) is 0 Å². The van der Waals surface area contributed by atoms with Gasteiger partial charge in [-0.05, 0) is 30.2 Å². The molecule has 0 bridgehead atoms. The number of thiocarbonyl (C=S) groups is 1. The summed E-state index contributed by atoms with van der Waals surface area (Å²) < 4.78 is 0.206. The Morgan fingerprint density at radius 2 is 2.08 bits per heavy atom. The second kappa shape index (κ2) is 7.67. The SMILES string of the molecule is CCCCC(C(=O)O)N1C(=O)/C(=C/c2ccc(O)c(O)c2)SC1=S. The highest BCUT2D eigenvalue weighted by Crippen LogP contribution is 2.36. The van der Waals surface area contributed by atoms with Gasteiger partial charge < -0.3 is 15.3 Å². The molecule has 1 atom stereocenters. The number of benzene rings is 1. The van der Waals surface area contributed by atoms with Gasteiger partial charge in [-0.15, -0.1) is 0 Å². The van der Waals surface area contributed by atoms with Crippen LogP contribution >= 0.6 is 24.0 Å². The van der Waals surface area contributed by atoms with Crippen LogP contribution in [0, 0.1) is 0 Å². The molecule has 1 unspecified atom stereocenters. The van der Waals surface area contributed by atoms with Crippen molar-refractivity contribution in [3.8, 4) is 11.5 Å². The van der Waals surface area contributed by atoms with Crippen LogP contribution in [0.1, 0.15) is 31.7 Å². The van der Waals surface area contributed by atoms with Crippen LogP contribution < -0.4 is 0 Å². The Morgan fingerprint density at radius 1 is 1.38 bits per heavy atom. The first-order chi connectivity index (χ1) is 11.3. The number of phenols is 2. The summed E-state index contributed by atoms with van der Waals surface area (Å²) >= 11 is 6.21. The van der Waals surface area contributed by atoms with Crippen LogP contribution in [-0.4, -0.2) is 42.5 Å². The Balaban J connectivity index is 2.28. The molecule has 1 aromatic carbocycles. The van der Waals surface area contributed by atoms with E-state index in [0.29, 0.717) is 18.4 Å². The number of aromatic hydroxyl groups is 2. The summed E-state index contributed by atoms with van der Waals surface area (Å²) in [6.07, 6.45) is 3.35. The largest absolute Gasteiger partial charge is 0.504 e. The van der Waals surface area contributed by atoms with Crippen molar-refractivity contribution < 1.29 is 24.9 Å². The Kier molecular flexibility index (Phi) is 5.84. The summed E-state index contributed by atoms with van der Waals surface area (Å²) in [6, 6.07) is 3.18. The molecule has 1 aliphatic heterocycles. The van der Waals surface area contributed by atoms with Crippen molar-refractivity contribution >= 4 is 46.3 Å². The summed E-state index contributed by atoms with van der Waals surface area (Å²) in [5.74, 6) is -2.10. The molecule has 0 radical (unpaired) electrons. The van der Waals surface area contributed by atoms with Crippen LogP contribution in [0.25, 0.3) is 6.08 Å². The van der Waals surface area contributed by atoms with Crippen LogP contribution in [0.4, 0.5) is 0 Å². The molecule has 1 amide bonds. The third-order valence-electron chi connectivity index (χ3n) is 3.55. The number of amides is 1. The van der Waals surface area contributed by atoms with E-state index < -0.39 is 17.9 Å². The highest BCUT2D eigenvalue weighted by molar-refractivity contribution is 8.26. The molecule has 1 aromatic rings. The molecule has 8 heteroatoms. The van der Waals surface area contributed by atoms with Gasteiger partial charge in [0.2, 0.25) is 0 Å². The van der Waals surface area contributed by atoms with Gasteiger partial charge in [0.1, 0.15) is 10.4 Å². The van der Waals surface area contributed by atoms with Crippen LogP contribution in [0.15, 0.2) is 23.1 Å². The molecule has 1 saturated heterocycles. The summed E-state index contributed by atoms with van der Waals surface area (Å²) in [5.41, 5.74) is 0.506. The van der Waals surface area contributed by atoms with Crippen molar-refractivity contribution in [2.24, 2.45) is 0 Å². The molecule has 128 valence electrons. The molecular weight excluding hydrogens is 350 g/mol. The fraction of sp³-hybridized carbons (Fsp3) is 0.312. The molecule has 0 aromatic heterocycles. The molecule has 2 rings (SSSR count). The third-order valence-corrected chi connectivity index (χ3v) is 4.88. The highest BCUT2D eigenvalue weighted by Gasteiger charge is 2.40. The van der Waals surface area contributed by atoms with Gasteiger partial charge in [0.25, 0.3) is 5.91 Å². The normalized spacial score (nSPS) is 17.5. The van der Waals surface area contributed by atoms with E-state index in [0.717, 1.165) is 23.1 Å². The number of aliphatic carboxylic acids is 1. The van der Waals surface area contributed by atoms with Crippen LogP contribution in [0.3, 0.4) is 0 Å². The number of thioether (sulfide) groups is 1. The summed E-state index contributed by atoms with van der Waals surface area (Å²) in [5, 5.41) is 28.2. The lowest BCUT2D eigenvalue weighted by Crippen LogP contribution is -2.43. The first kappa shape index (κ1) is 18.3. The number of carbonyl (C=O) groups is 2. The Bertz CT molecular complexity index is 716. The number of carboxylic acid groups (broad SMARTS) is 1. The second-order valence-electron chi connectivity index (χ2n) is 5.30. The minimum atomic E-state index is -1.08. The molecule has 0 spiro atoms. The number of carbonyl (C=O) groups excluding carboxylic acids is 1. The summed E-state index contributed by atoms with van der Waals surface area (Å²) in [4.78, 5) is 25.5. The molecule has 0 aliphatic carbocycles. The van der Waals surface area contributed by atoms with Crippen molar-refractivity contribution in [3.63, 3.8) is 0 Å². The molecule has 3 N–H and O–H groups in total. The lowest BCUT2D eigenvalue weighted by atomic mass is 10.1. The van der Waals surface area contributed by atoms with Gasteiger partial charge in [0, 0.05) is 0 Å². The van der Waals surface area contributed by atoms with E-state index in [1.54, 1.807) is 0 Å². The first-order valence-electron chi connectivity index (χ1n) is 7.37. The number of nitrogens with zero attached hydrogens (tertiary/aromatic N) is 1. The predicted molar refractivity (Wildman–Crippen MR) is 95.7 cm³/mol. The fourth-order valence-corrected chi connectivity index (χ4v) is 3.65. The zero-order valence-electron chi connectivity index (χ0n) is 12.9. The van der Waals surface area contributed by atoms with E-state index in [9.17, 15) is 24.9 Å². The summed E-state index contributed by atoms with van der Waals surface area (Å²) in [6.45, 7) is 1.94. The minimum absolute atomic E-state index is 0.206. The molecule has 1 heterocycles. The highest BCUT2D eigenvalue weighted by atomic mass is 32.2. The van der Waals surface area contributed by atoms with Gasteiger partial charge in [-0.3, -0.25) is 9.69 Å². The second-order valence-corrected chi connectivity index (χ2v) is 6.97. The lowest BCUT2D eigenvalue weighted by Gasteiger charge is -2.22. The van der Waals surface area contributed by atoms with Gasteiger partial charge >= 0.3 is 5.97 Å². The Labute approximate surface area is 148 Å². The van der Waals surface area contributed by atoms with E-state index in [1.807, 2.05) is 6.92 Å². The molecule has 1 aliphatic rings. The monoisotopic (exact) mass is 367 g/mol. The van der Waals surface area contributed by atoms with E-state index in [-0.39, 0.29) is 20.7 Å². The van der Waals surface area contributed by atoms with Crippen LogP contribution in [0.5, 0.6) is 11.5 Å². The molecule has 0 saturated carbocycles. The van der Waals surface area contributed by atoms with E-state index in [2.05, 4.69) is 0 Å². The van der Waals surface area contributed by atoms with Gasteiger partial charge in [-0.1, -0.05) is 49.8 Å². The average molecular weight is 367 g/mol. The number of hydrogen-bond acceptors (Lipinski definition) is 6. The van der Waals surface area contributed by atoms with Crippen molar-refractivity contribution in [2.45, 2.75) is 32.2 Å². The average Bonchev–Trinajstić information content (AvgIpc) is 2.78. The van der Waals surface area contributed by atoms with Gasteiger partial charge in [0.05, 0.1) is 4.91 Å². The first-order valence-corrected chi connectivity index (χ1v) is 8.59. The quantitative estimate of drug-likeness (QED) is 0.404. The van der Waals surface area contributed by atoms with E-state index >= 15 is 0 Å². The van der Waals surface area contributed by atoms with Gasteiger partial charge in [0.15, 0.2) is 11.5 Å². The van der Waals surface area contributed by atoms with Crippen LogP contribution in [-0.2, 0) is 9.59 Å². The summed E-state index contributed by atoms with van der Waals surface area (Å²) in [7, 11) is 0. The molecule has 24 heavy (non-hydrogen) atoms. The molecule has 6 nitrogen and oxygen atoms in total. The molecular formula is C16H17NO5S2. The van der Waals surface area contributed by atoms with Crippen molar-refractivity contribution in [3.05, 3.63) is 28.7 Å². The van der Waals surface area contributed by atoms with Gasteiger partial charge in [-0.2, -0.15) is 0 Å². The Hall–Kier alpha value is -2.06. The minimum Gasteiger partial charge on any atom is -0.504 e. The van der Waals surface area contributed by atoms with Gasteiger partial charge in [-0.25, -0.2) is 4.79 Å². The lowest BCUT2D eigenvalue weighted by molar-refractivity contribution is -0.145. The number of hydrogen-bond donors (Lipinski definition) is 3. The van der Waals surface area contributed by atoms with E-state index in [4.69, 9.17) is 12.2 Å². The topological polar surface area (TPSA) is 98.1 Å². The van der Waals surface area contributed by atoms with E-state index in [1.165, 1.54) is 24.3 Å². The fourth-order valence-electron chi connectivity index (χ4n) is 2.29. The van der Waals surface area contributed by atoms with Crippen LogP contribution in [0.2, 0.25) is 0 Å². The Morgan fingerprint density at radius 3 is 2.67 bits per heavy atom. The van der Waals surface area contributed by atoms with Crippen molar-refractivity contribution in [1.82, 2.24) is 4.90 Å². The number of phenolic OH excluding ortho intramolecular Hbond substituents is 2. The maximum absolute atomic E-state index is 12.6.